The highest BCUT2D eigenvalue weighted by Crippen LogP contribution is 2.26. The van der Waals surface area contributed by atoms with E-state index in [9.17, 15) is 4.79 Å². The zero-order valence-corrected chi connectivity index (χ0v) is 13.2. The third kappa shape index (κ3) is 4.37. The summed E-state index contributed by atoms with van der Waals surface area (Å²) in [7, 11) is 0. The number of ether oxygens (including phenoxy) is 1. The summed E-state index contributed by atoms with van der Waals surface area (Å²) >= 11 is 15.0. The molecule has 0 heterocycles. The summed E-state index contributed by atoms with van der Waals surface area (Å²) in [6.07, 6.45) is 3.02. The highest BCUT2D eigenvalue weighted by Gasteiger charge is 2.04. The second-order valence-corrected chi connectivity index (χ2v) is 5.62. The Labute approximate surface area is 135 Å². The number of benzene rings is 2. The molecule has 20 heavy (non-hydrogen) atoms. The molecule has 0 saturated heterocycles. The van der Waals surface area contributed by atoms with E-state index in [1.165, 1.54) is 12.1 Å². The van der Waals surface area contributed by atoms with Crippen LogP contribution >= 0.6 is 39.1 Å². The van der Waals surface area contributed by atoms with E-state index >= 15 is 0 Å². The predicted molar refractivity (Wildman–Crippen MR) is 85.3 cm³/mol. The molecular formula is C15H9BrCl2O2. The van der Waals surface area contributed by atoms with E-state index in [0.29, 0.717) is 15.8 Å². The first-order chi connectivity index (χ1) is 9.54. The predicted octanol–water partition coefficient (Wildman–Crippen LogP) is 5.37. The molecule has 0 bridgehead atoms. The number of hydrogen-bond acceptors (Lipinski definition) is 2. The summed E-state index contributed by atoms with van der Waals surface area (Å²) in [5.74, 6) is -0.133. The van der Waals surface area contributed by atoms with Crippen LogP contribution in [0, 0.1) is 0 Å². The average Bonchev–Trinajstić information content (AvgIpc) is 2.41. The molecule has 102 valence electrons. The zero-order chi connectivity index (χ0) is 14.5. The SMILES string of the molecule is O=C(/C=C/c1cccc(Br)c1)Oc1ccc(Cl)c(Cl)c1. The van der Waals surface area contributed by atoms with Crippen LogP contribution in [0.15, 0.2) is 53.0 Å². The van der Waals surface area contributed by atoms with E-state index in [-0.39, 0.29) is 0 Å². The lowest BCUT2D eigenvalue weighted by Gasteiger charge is -2.02. The zero-order valence-electron chi connectivity index (χ0n) is 10.1. The van der Waals surface area contributed by atoms with Gasteiger partial charge in [-0.05, 0) is 35.9 Å². The van der Waals surface area contributed by atoms with Crippen LogP contribution in [-0.4, -0.2) is 5.97 Å². The molecule has 0 aliphatic rings. The Kier molecular flexibility index (Phi) is 5.24. The Hall–Kier alpha value is -1.29. The lowest BCUT2D eigenvalue weighted by Crippen LogP contribution is -2.03. The van der Waals surface area contributed by atoms with Gasteiger partial charge in [0, 0.05) is 16.6 Å². The van der Waals surface area contributed by atoms with Gasteiger partial charge in [0.1, 0.15) is 5.75 Å². The molecule has 0 atom stereocenters. The molecule has 5 heteroatoms. The highest BCUT2D eigenvalue weighted by atomic mass is 79.9. The molecule has 2 aromatic rings. The van der Waals surface area contributed by atoms with Crippen LogP contribution in [-0.2, 0) is 4.79 Å². The van der Waals surface area contributed by atoms with Crippen LogP contribution in [0.4, 0.5) is 0 Å². The van der Waals surface area contributed by atoms with Gasteiger partial charge in [-0.1, -0.05) is 51.3 Å². The van der Waals surface area contributed by atoms with Gasteiger partial charge in [-0.15, -0.1) is 0 Å². The molecule has 0 N–H and O–H groups in total. The van der Waals surface area contributed by atoms with E-state index in [1.54, 1.807) is 18.2 Å². The molecule has 0 spiro atoms. The first-order valence-electron chi connectivity index (χ1n) is 5.65. The number of carbonyl (C=O) groups is 1. The second-order valence-electron chi connectivity index (χ2n) is 3.89. The highest BCUT2D eigenvalue weighted by molar-refractivity contribution is 9.10. The largest absolute Gasteiger partial charge is 0.423 e. The molecule has 0 radical (unpaired) electrons. The molecule has 0 unspecified atom stereocenters. The number of rotatable bonds is 3. The van der Waals surface area contributed by atoms with E-state index in [2.05, 4.69) is 15.9 Å². The van der Waals surface area contributed by atoms with Gasteiger partial charge in [-0.3, -0.25) is 0 Å². The van der Waals surface area contributed by atoms with Crippen molar-refractivity contribution in [3.63, 3.8) is 0 Å². The maximum absolute atomic E-state index is 11.7. The molecule has 2 rings (SSSR count). The van der Waals surface area contributed by atoms with Gasteiger partial charge in [-0.25, -0.2) is 4.79 Å². The summed E-state index contributed by atoms with van der Waals surface area (Å²) in [5.41, 5.74) is 0.894. The van der Waals surface area contributed by atoms with Gasteiger partial charge >= 0.3 is 5.97 Å². The van der Waals surface area contributed by atoms with Crippen LogP contribution in [0.3, 0.4) is 0 Å². The molecule has 0 aromatic heterocycles. The molecule has 2 aromatic carbocycles. The number of carbonyl (C=O) groups excluding carboxylic acids is 1. The van der Waals surface area contributed by atoms with Crippen molar-refractivity contribution >= 4 is 51.2 Å². The molecule has 0 aliphatic heterocycles. The van der Waals surface area contributed by atoms with Crippen LogP contribution in [0.25, 0.3) is 6.08 Å². The number of esters is 1. The van der Waals surface area contributed by atoms with Gasteiger partial charge in [0.05, 0.1) is 10.0 Å². The van der Waals surface area contributed by atoms with Crippen molar-refractivity contribution in [1.29, 1.82) is 0 Å². The fourth-order valence-corrected chi connectivity index (χ4v) is 2.17. The third-order valence-electron chi connectivity index (χ3n) is 2.37. The summed E-state index contributed by atoms with van der Waals surface area (Å²) in [5, 5.41) is 0.754. The number of hydrogen-bond donors (Lipinski definition) is 0. The fourth-order valence-electron chi connectivity index (χ4n) is 1.47. The van der Waals surface area contributed by atoms with Gasteiger partial charge in [0.15, 0.2) is 0 Å². The lowest BCUT2D eigenvalue weighted by atomic mass is 10.2. The molecular weight excluding hydrogens is 363 g/mol. The Morgan fingerprint density at radius 2 is 1.90 bits per heavy atom. The maximum Gasteiger partial charge on any atom is 0.336 e. The van der Waals surface area contributed by atoms with Crippen molar-refractivity contribution in [2.45, 2.75) is 0 Å². The van der Waals surface area contributed by atoms with E-state index in [1.807, 2.05) is 24.3 Å². The van der Waals surface area contributed by atoms with Crippen molar-refractivity contribution in [1.82, 2.24) is 0 Å². The van der Waals surface area contributed by atoms with Gasteiger partial charge in [0.2, 0.25) is 0 Å². The Bertz CT molecular complexity index is 669. The van der Waals surface area contributed by atoms with Crippen molar-refractivity contribution in [2.24, 2.45) is 0 Å². The normalized spacial score (nSPS) is 10.8. The van der Waals surface area contributed by atoms with E-state index in [0.717, 1.165) is 10.0 Å². The third-order valence-corrected chi connectivity index (χ3v) is 3.60. The van der Waals surface area contributed by atoms with Crippen molar-refractivity contribution in [3.05, 3.63) is 68.6 Å². The summed E-state index contributed by atoms with van der Waals surface area (Å²) in [6.45, 7) is 0. The Balaban J connectivity index is 2.03. The first-order valence-corrected chi connectivity index (χ1v) is 7.20. The topological polar surface area (TPSA) is 26.3 Å². The minimum atomic E-state index is -0.483. The average molecular weight is 372 g/mol. The molecule has 0 fully saturated rings. The lowest BCUT2D eigenvalue weighted by molar-refractivity contribution is -0.128. The van der Waals surface area contributed by atoms with Crippen molar-refractivity contribution in [2.75, 3.05) is 0 Å². The summed E-state index contributed by atoms with van der Waals surface area (Å²) in [4.78, 5) is 11.7. The van der Waals surface area contributed by atoms with Gasteiger partial charge in [-0.2, -0.15) is 0 Å². The van der Waals surface area contributed by atoms with Crippen LogP contribution in [0.2, 0.25) is 10.0 Å². The molecule has 0 aliphatic carbocycles. The van der Waals surface area contributed by atoms with E-state index < -0.39 is 5.97 Å². The summed E-state index contributed by atoms with van der Waals surface area (Å²) < 4.78 is 6.06. The van der Waals surface area contributed by atoms with Gasteiger partial charge in [0.25, 0.3) is 0 Å². The monoisotopic (exact) mass is 370 g/mol. The van der Waals surface area contributed by atoms with Gasteiger partial charge < -0.3 is 4.74 Å². The van der Waals surface area contributed by atoms with Crippen LogP contribution in [0.5, 0.6) is 5.75 Å². The minimum Gasteiger partial charge on any atom is -0.423 e. The number of halogens is 3. The maximum atomic E-state index is 11.7. The van der Waals surface area contributed by atoms with Crippen LogP contribution in [0.1, 0.15) is 5.56 Å². The smallest absolute Gasteiger partial charge is 0.336 e. The van der Waals surface area contributed by atoms with Crippen molar-refractivity contribution < 1.29 is 9.53 Å². The first kappa shape index (κ1) is 15.1. The fraction of sp³-hybridized carbons (Fsp3) is 0. The molecule has 0 amide bonds. The second kappa shape index (κ2) is 6.93. The summed E-state index contributed by atoms with van der Waals surface area (Å²) in [6, 6.07) is 12.2. The minimum absolute atomic E-state index is 0.341. The standard InChI is InChI=1S/C15H9BrCl2O2/c16-11-3-1-2-10(8-11)4-7-15(19)20-12-5-6-13(17)14(18)9-12/h1-9H/b7-4+. The quantitative estimate of drug-likeness (QED) is 0.411. The van der Waals surface area contributed by atoms with Crippen LogP contribution < -0.4 is 4.74 Å². The van der Waals surface area contributed by atoms with E-state index in [4.69, 9.17) is 27.9 Å². The Morgan fingerprint density at radius 1 is 1.10 bits per heavy atom. The van der Waals surface area contributed by atoms with Crippen molar-refractivity contribution in [3.8, 4) is 5.75 Å². The Morgan fingerprint density at radius 3 is 2.60 bits per heavy atom. The molecule has 0 saturated carbocycles. The molecule has 2 nitrogen and oxygen atoms in total.